The smallest absolute Gasteiger partial charge is 0.429 e. The van der Waals surface area contributed by atoms with E-state index in [9.17, 15) is 4.79 Å². The van der Waals surface area contributed by atoms with Crippen LogP contribution in [0.1, 0.15) is 13.8 Å². The van der Waals surface area contributed by atoms with E-state index in [0.29, 0.717) is 25.7 Å². The average Bonchev–Trinajstić information content (AvgIpc) is 2.35. The quantitative estimate of drug-likeness (QED) is 0.629. The number of rotatable bonds is 4. The van der Waals surface area contributed by atoms with Gasteiger partial charge in [-0.25, -0.2) is 10.1 Å². The van der Waals surface area contributed by atoms with E-state index in [4.69, 9.17) is 9.47 Å². The van der Waals surface area contributed by atoms with Gasteiger partial charge in [0.2, 0.25) is 0 Å². The predicted octanol–water partition coefficient (Wildman–Crippen LogP) is 0.782. The Morgan fingerprint density at radius 3 is 3.00 bits per heavy atom. The molecular formula is C8H14NO3. The molecule has 1 fully saturated rings. The molecule has 4 heteroatoms. The van der Waals surface area contributed by atoms with E-state index < -0.39 is 6.09 Å². The van der Waals surface area contributed by atoms with Crippen LogP contribution < -0.4 is 5.32 Å². The van der Waals surface area contributed by atoms with Crippen molar-refractivity contribution in [3.05, 3.63) is 0 Å². The van der Waals surface area contributed by atoms with Crippen LogP contribution in [0.25, 0.3) is 0 Å². The molecule has 1 rings (SSSR count). The van der Waals surface area contributed by atoms with Crippen molar-refractivity contribution in [3.63, 3.8) is 0 Å². The van der Waals surface area contributed by atoms with E-state index in [1.54, 1.807) is 0 Å². The van der Waals surface area contributed by atoms with Gasteiger partial charge in [-0.05, 0) is 5.92 Å². The van der Waals surface area contributed by atoms with Crippen LogP contribution in [-0.4, -0.2) is 32.0 Å². The molecule has 1 saturated heterocycles. The van der Waals surface area contributed by atoms with Gasteiger partial charge in [-0.3, -0.25) is 0 Å². The number of hydrogen-bond acceptors (Lipinski definition) is 3. The third-order valence-corrected chi connectivity index (χ3v) is 1.45. The summed E-state index contributed by atoms with van der Waals surface area (Å²) in [7, 11) is 0. The van der Waals surface area contributed by atoms with Crippen molar-refractivity contribution < 1.29 is 14.3 Å². The van der Waals surface area contributed by atoms with Crippen LogP contribution in [0.5, 0.6) is 0 Å². The zero-order chi connectivity index (χ0) is 8.97. The number of carbonyl (C=O) groups excluding carboxylic acids is 1. The SMILES string of the molecule is CC(C)COCC1C[N]C(=O)O1. The summed E-state index contributed by atoms with van der Waals surface area (Å²) in [6.07, 6.45) is -0.621. The molecule has 12 heavy (non-hydrogen) atoms. The van der Waals surface area contributed by atoms with Gasteiger partial charge in [0.1, 0.15) is 6.10 Å². The highest BCUT2D eigenvalue weighted by atomic mass is 16.6. The molecule has 0 spiro atoms. The second-order valence-corrected chi connectivity index (χ2v) is 3.28. The largest absolute Gasteiger partial charge is 0.440 e. The number of hydrogen-bond donors (Lipinski definition) is 0. The van der Waals surface area contributed by atoms with Crippen LogP contribution in [0.2, 0.25) is 0 Å². The van der Waals surface area contributed by atoms with Crippen LogP contribution in [0.4, 0.5) is 4.79 Å². The highest BCUT2D eigenvalue weighted by Crippen LogP contribution is 2.03. The number of nitrogens with zero attached hydrogens (tertiary/aromatic N) is 1. The van der Waals surface area contributed by atoms with Crippen molar-refractivity contribution in [3.8, 4) is 0 Å². The lowest BCUT2D eigenvalue weighted by Gasteiger charge is -2.09. The Kier molecular flexibility index (Phi) is 3.34. The van der Waals surface area contributed by atoms with Gasteiger partial charge in [0.25, 0.3) is 0 Å². The van der Waals surface area contributed by atoms with Gasteiger partial charge in [-0.1, -0.05) is 13.8 Å². The van der Waals surface area contributed by atoms with Gasteiger partial charge in [-0.15, -0.1) is 0 Å². The minimum absolute atomic E-state index is 0.156. The van der Waals surface area contributed by atoms with Crippen molar-refractivity contribution in [1.29, 1.82) is 0 Å². The third-order valence-electron chi connectivity index (χ3n) is 1.45. The summed E-state index contributed by atoms with van der Waals surface area (Å²) in [5, 5.41) is 3.57. The summed E-state index contributed by atoms with van der Waals surface area (Å²) < 4.78 is 10.1. The molecule has 1 heterocycles. The van der Waals surface area contributed by atoms with E-state index in [1.165, 1.54) is 0 Å². The summed E-state index contributed by atoms with van der Waals surface area (Å²) in [6.45, 7) is 5.76. The Bertz CT molecular complexity index is 158. The zero-order valence-corrected chi connectivity index (χ0v) is 7.45. The van der Waals surface area contributed by atoms with Crippen molar-refractivity contribution in [2.24, 2.45) is 5.92 Å². The zero-order valence-electron chi connectivity index (χ0n) is 7.45. The van der Waals surface area contributed by atoms with Crippen molar-refractivity contribution in [2.75, 3.05) is 19.8 Å². The Labute approximate surface area is 72.2 Å². The predicted molar refractivity (Wildman–Crippen MR) is 42.9 cm³/mol. The lowest BCUT2D eigenvalue weighted by atomic mass is 10.2. The molecule has 0 aromatic heterocycles. The van der Waals surface area contributed by atoms with Gasteiger partial charge in [0, 0.05) is 6.61 Å². The fourth-order valence-corrected chi connectivity index (χ4v) is 0.915. The first kappa shape index (κ1) is 9.32. The maximum atomic E-state index is 10.5. The molecule has 1 radical (unpaired) electrons. The highest BCUT2D eigenvalue weighted by molar-refractivity contribution is 5.68. The van der Waals surface area contributed by atoms with E-state index in [0.717, 1.165) is 0 Å². The topological polar surface area (TPSA) is 49.6 Å². The van der Waals surface area contributed by atoms with Crippen molar-refractivity contribution >= 4 is 6.09 Å². The lowest BCUT2D eigenvalue weighted by molar-refractivity contribution is 0.0351. The first-order valence-electron chi connectivity index (χ1n) is 4.14. The highest BCUT2D eigenvalue weighted by Gasteiger charge is 2.24. The van der Waals surface area contributed by atoms with Gasteiger partial charge >= 0.3 is 6.09 Å². The molecule has 0 aromatic carbocycles. The Hall–Kier alpha value is -0.770. The van der Waals surface area contributed by atoms with Crippen LogP contribution in [0, 0.1) is 5.92 Å². The first-order valence-corrected chi connectivity index (χ1v) is 4.14. The van der Waals surface area contributed by atoms with Crippen LogP contribution in [0.3, 0.4) is 0 Å². The van der Waals surface area contributed by atoms with Gasteiger partial charge < -0.3 is 9.47 Å². The first-order chi connectivity index (χ1) is 5.68. The second kappa shape index (κ2) is 4.30. The maximum Gasteiger partial charge on any atom is 0.429 e. The Morgan fingerprint density at radius 1 is 1.75 bits per heavy atom. The average molecular weight is 172 g/mol. The van der Waals surface area contributed by atoms with Crippen molar-refractivity contribution in [2.45, 2.75) is 20.0 Å². The molecule has 69 valence electrons. The standard InChI is InChI=1S/C8H14NO3/c1-6(2)4-11-5-7-3-9-8(10)12-7/h6-7H,3-5H2,1-2H3. The molecule has 1 aliphatic rings. The van der Waals surface area contributed by atoms with Crippen LogP contribution in [0.15, 0.2) is 0 Å². The minimum Gasteiger partial charge on any atom is -0.440 e. The molecule has 1 atom stereocenters. The number of ether oxygens (including phenoxy) is 2. The van der Waals surface area contributed by atoms with Crippen LogP contribution in [-0.2, 0) is 9.47 Å². The number of cyclic esters (lactones) is 1. The summed E-state index contributed by atoms with van der Waals surface area (Å²) in [6, 6.07) is 0. The molecule has 0 aliphatic carbocycles. The molecule has 1 aliphatic heterocycles. The summed E-state index contributed by atoms with van der Waals surface area (Å²) >= 11 is 0. The molecule has 1 amide bonds. The molecular weight excluding hydrogens is 158 g/mol. The molecule has 4 nitrogen and oxygen atoms in total. The van der Waals surface area contributed by atoms with E-state index in [1.807, 2.05) is 0 Å². The summed E-state index contributed by atoms with van der Waals surface area (Å²) in [4.78, 5) is 10.5. The maximum absolute atomic E-state index is 10.5. The molecule has 0 bridgehead atoms. The summed E-state index contributed by atoms with van der Waals surface area (Å²) in [5.74, 6) is 0.513. The summed E-state index contributed by atoms with van der Waals surface area (Å²) in [5.41, 5.74) is 0. The van der Waals surface area contributed by atoms with Gasteiger partial charge in [0.05, 0.1) is 13.2 Å². The fourth-order valence-electron chi connectivity index (χ4n) is 0.915. The molecule has 0 N–H and O–H groups in total. The van der Waals surface area contributed by atoms with Crippen molar-refractivity contribution in [1.82, 2.24) is 5.32 Å². The fraction of sp³-hybridized carbons (Fsp3) is 0.875. The van der Waals surface area contributed by atoms with Crippen LogP contribution >= 0.6 is 0 Å². The van der Waals surface area contributed by atoms with E-state index >= 15 is 0 Å². The molecule has 0 aromatic rings. The minimum atomic E-state index is -0.465. The van der Waals surface area contributed by atoms with E-state index in [-0.39, 0.29) is 6.10 Å². The molecule has 1 unspecified atom stereocenters. The Morgan fingerprint density at radius 2 is 2.50 bits per heavy atom. The normalized spacial score (nSPS) is 22.6. The monoisotopic (exact) mass is 172 g/mol. The lowest BCUT2D eigenvalue weighted by Crippen LogP contribution is -2.20. The number of carbonyl (C=O) groups is 1. The van der Waals surface area contributed by atoms with Gasteiger partial charge in [-0.2, -0.15) is 0 Å². The van der Waals surface area contributed by atoms with Gasteiger partial charge in [0.15, 0.2) is 0 Å². The number of amides is 1. The van der Waals surface area contributed by atoms with E-state index in [2.05, 4.69) is 19.2 Å². The third kappa shape index (κ3) is 3.09. The Balaban J connectivity index is 2.04. The second-order valence-electron chi connectivity index (χ2n) is 3.28. The molecule has 0 saturated carbocycles.